The fraction of sp³-hybridized carbons (Fsp3) is 0.143. The van der Waals surface area contributed by atoms with Gasteiger partial charge < -0.3 is 4.90 Å². The Balaban J connectivity index is 1.23. The molecule has 1 nitrogen and oxygen atoms in total. The van der Waals surface area contributed by atoms with Crippen LogP contribution in [0.5, 0.6) is 0 Å². The molecule has 272 valence electrons. The van der Waals surface area contributed by atoms with Crippen molar-refractivity contribution in [2.24, 2.45) is 5.92 Å². The first-order valence-electron chi connectivity index (χ1n) is 20.7. The summed E-state index contributed by atoms with van der Waals surface area (Å²) in [6.45, 7) is 5.93. The van der Waals surface area contributed by atoms with Gasteiger partial charge in [0.25, 0.3) is 0 Å². The smallest absolute Gasteiger partial charge is 0.0570 e. The predicted molar refractivity (Wildman–Crippen MR) is 244 cm³/mol. The molecule has 9 aromatic carbocycles. The molecule has 0 radical (unpaired) electrons. The van der Waals surface area contributed by atoms with Crippen LogP contribution in [0.4, 0.5) is 11.4 Å². The van der Waals surface area contributed by atoms with Crippen LogP contribution >= 0.6 is 0 Å². The maximum absolute atomic E-state index is 2.63. The van der Waals surface area contributed by atoms with E-state index in [1.165, 1.54) is 104 Å². The lowest BCUT2D eigenvalue weighted by atomic mass is 9.74. The van der Waals surface area contributed by atoms with E-state index in [-0.39, 0.29) is 5.41 Å². The summed E-state index contributed by atoms with van der Waals surface area (Å²) in [6.07, 6.45) is 11.7. The first-order chi connectivity index (χ1) is 28.1. The SMILES string of the molecule is CC1(C)c2cc(-c3c4ccccc4c(N4CCCc5ccccc54)c4ccc(-c5cc6ccccc6c6ccccc56)cc34)c3ccccc3c2C2C=CC=CC21. The molecular formula is C56H43N. The average molecular weight is 730 g/mol. The molecule has 57 heavy (non-hydrogen) atoms. The lowest BCUT2D eigenvalue weighted by Crippen LogP contribution is -2.25. The number of para-hydroxylation sites is 1. The summed E-state index contributed by atoms with van der Waals surface area (Å²) in [4.78, 5) is 2.63. The van der Waals surface area contributed by atoms with Crippen molar-refractivity contribution in [1.29, 1.82) is 0 Å². The number of nitrogens with zero attached hydrogens (tertiary/aromatic N) is 1. The molecule has 2 aliphatic carbocycles. The first-order valence-corrected chi connectivity index (χ1v) is 20.7. The fourth-order valence-electron chi connectivity index (χ4n) is 11.2. The summed E-state index contributed by atoms with van der Waals surface area (Å²) in [6, 6.07) is 57.7. The summed E-state index contributed by atoms with van der Waals surface area (Å²) in [7, 11) is 0. The Morgan fingerprint density at radius 1 is 0.526 bits per heavy atom. The fourth-order valence-corrected chi connectivity index (χ4v) is 11.2. The van der Waals surface area contributed by atoms with Crippen LogP contribution in [0.1, 0.15) is 42.9 Å². The zero-order valence-corrected chi connectivity index (χ0v) is 32.5. The van der Waals surface area contributed by atoms with Crippen LogP contribution in [-0.4, -0.2) is 6.54 Å². The number of aryl methyl sites for hydroxylation is 1. The van der Waals surface area contributed by atoms with Gasteiger partial charge in [-0.05, 0) is 130 Å². The number of hydrogen-bond acceptors (Lipinski definition) is 1. The predicted octanol–water partition coefficient (Wildman–Crippen LogP) is 15.0. The van der Waals surface area contributed by atoms with Crippen LogP contribution in [0.25, 0.3) is 76.1 Å². The van der Waals surface area contributed by atoms with Gasteiger partial charge in [-0.15, -0.1) is 0 Å². The highest BCUT2D eigenvalue weighted by Gasteiger charge is 2.45. The third-order valence-electron chi connectivity index (χ3n) is 13.8. The largest absolute Gasteiger partial charge is 0.340 e. The molecule has 0 saturated carbocycles. The quantitative estimate of drug-likeness (QED) is 0.129. The van der Waals surface area contributed by atoms with Gasteiger partial charge in [-0.3, -0.25) is 0 Å². The molecule has 9 aromatic rings. The lowest BCUT2D eigenvalue weighted by molar-refractivity contribution is 0.394. The molecular weight excluding hydrogens is 687 g/mol. The van der Waals surface area contributed by atoms with Crippen LogP contribution in [0.15, 0.2) is 176 Å². The van der Waals surface area contributed by atoms with E-state index in [0.29, 0.717) is 11.8 Å². The monoisotopic (exact) mass is 729 g/mol. The van der Waals surface area contributed by atoms with Gasteiger partial charge in [0, 0.05) is 28.9 Å². The molecule has 0 saturated heterocycles. The second-order valence-corrected chi connectivity index (χ2v) is 17.1. The van der Waals surface area contributed by atoms with Crippen molar-refractivity contribution < 1.29 is 0 Å². The van der Waals surface area contributed by atoms with E-state index in [1.54, 1.807) is 0 Å². The third kappa shape index (κ3) is 4.69. The number of fused-ring (bicyclic) bond motifs is 11. The average Bonchev–Trinajstić information content (AvgIpc) is 3.50. The van der Waals surface area contributed by atoms with Gasteiger partial charge in [-0.2, -0.15) is 0 Å². The molecule has 0 bridgehead atoms. The third-order valence-corrected chi connectivity index (χ3v) is 13.8. The van der Waals surface area contributed by atoms with Crippen molar-refractivity contribution in [3.63, 3.8) is 0 Å². The van der Waals surface area contributed by atoms with Crippen molar-refractivity contribution in [3.05, 3.63) is 193 Å². The van der Waals surface area contributed by atoms with Gasteiger partial charge in [0.15, 0.2) is 0 Å². The van der Waals surface area contributed by atoms with Gasteiger partial charge >= 0.3 is 0 Å². The summed E-state index contributed by atoms with van der Waals surface area (Å²) in [5, 5.41) is 13.1. The van der Waals surface area contributed by atoms with E-state index in [9.17, 15) is 0 Å². The van der Waals surface area contributed by atoms with E-state index >= 15 is 0 Å². The molecule has 0 spiro atoms. The number of benzene rings is 9. The minimum Gasteiger partial charge on any atom is -0.340 e. The first kappa shape index (κ1) is 32.8. The van der Waals surface area contributed by atoms with E-state index in [0.717, 1.165) is 19.4 Å². The molecule has 0 amide bonds. The number of anilines is 2. The molecule has 0 N–H and O–H groups in total. The van der Waals surface area contributed by atoms with E-state index in [2.05, 4.69) is 195 Å². The van der Waals surface area contributed by atoms with E-state index < -0.39 is 0 Å². The van der Waals surface area contributed by atoms with Gasteiger partial charge in [-0.1, -0.05) is 166 Å². The highest BCUT2D eigenvalue weighted by atomic mass is 15.1. The van der Waals surface area contributed by atoms with Crippen LogP contribution in [0.3, 0.4) is 0 Å². The van der Waals surface area contributed by atoms with Crippen molar-refractivity contribution in [3.8, 4) is 22.3 Å². The van der Waals surface area contributed by atoms with E-state index in [4.69, 9.17) is 0 Å². The number of rotatable bonds is 3. The zero-order valence-electron chi connectivity index (χ0n) is 32.5. The maximum atomic E-state index is 2.63. The normalized spacial score (nSPS) is 18.1. The van der Waals surface area contributed by atoms with E-state index in [1.807, 2.05) is 0 Å². The lowest BCUT2D eigenvalue weighted by Gasteiger charge is -2.34. The van der Waals surface area contributed by atoms with Gasteiger partial charge in [0.05, 0.1) is 5.69 Å². The Morgan fingerprint density at radius 2 is 1.18 bits per heavy atom. The Hall–Kier alpha value is -6.44. The van der Waals surface area contributed by atoms with Gasteiger partial charge in [0.1, 0.15) is 0 Å². The molecule has 2 unspecified atom stereocenters. The molecule has 3 aliphatic rings. The molecule has 0 fully saturated rings. The van der Waals surface area contributed by atoms with Gasteiger partial charge in [-0.25, -0.2) is 0 Å². The van der Waals surface area contributed by atoms with Crippen LogP contribution in [0.2, 0.25) is 0 Å². The summed E-state index contributed by atoms with van der Waals surface area (Å²) in [5.41, 5.74) is 12.2. The Morgan fingerprint density at radius 3 is 2.02 bits per heavy atom. The maximum Gasteiger partial charge on any atom is 0.0570 e. The van der Waals surface area contributed by atoms with Crippen molar-refractivity contribution in [2.45, 2.75) is 38.0 Å². The van der Waals surface area contributed by atoms with Crippen molar-refractivity contribution in [2.75, 3.05) is 11.4 Å². The molecule has 12 rings (SSSR count). The minimum absolute atomic E-state index is 0.0156. The van der Waals surface area contributed by atoms with Crippen molar-refractivity contribution >= 4 is 65.2 Å². The second-order valence-electron chi connectivity index (χ2n) is 17.1. The highest BCUT2D eigenvalue weighted by molar-refractivity contribution is 6.25. The van der Waals surface area contributed by atoms with Crippen LogP contribution < -0.4 is 4.90 Å². The summed E-state index contributed by atoms with van der Waals surface area (Å²) < 4.78 is 0. The van der Waals surface area contributed by atoms with Crippen LogP contribution in [0, 0.1) is 5.92 Å². The molecule has 1 heterocycles. The molecule has 2 atom stereocenters. The summed E-state index contributed by atoms with van der Waals surface area (Å²) in [5.74, 6) is 0.806. The molecule has 1 heteroatoms. The summed E-state index contributed by atoms with van der Waals surface area (Å²) >= 11 is 0. The topological polar surface area (TPSA) is 3.24 Å². The Bertz CT molecular complexity index is 3210. The second kappa shape index (κ2) is 12.3. The zero-order chi connectivity index (χ0) is 37.8. The molecule has 1 aliphatic heterocycles. The highest BCUT2D eigenvalue weighted by Crippen LogP contribution is 2.57. The Kier molecular flexibility index (Phi) is 7.06. The number of hydrogen-bond donors (Lipinski definition) is 0. The van der Waals surface area contributed by atoms with Crippen LogP contribution in [-0.2, 0) is 11.8 Å². The van der Waals surface area contributed by atoms with Crippen molar-refractivity contribution in [1.82, 2.24) is 0 Å². The Labute approximate surface area is 334 Å². The molecule has 0 aromatic heterocycles. The number of allylic oxidation sites excluding steroid dienone is 4. The standard InChI is InChI=1S/C56H43N/c1-56(2)50-27-13-12-26-46(50)54-42-23-9-8-22-41(42)49(34-51(54)56)53-43-24-10-11-25-44(43)55(57-31-15-18-35-16-4-14-28-52(35)57)45-30-29-37(33-48(45)53)47-32-36-17-3-5-19-38(36)39-20-6-7-21-40(39)47/h3-14,16-17,19-30,32-34,46,50H,15,18,31H2,1-2H3. The van der Waals surface area contributed by atoms with Gasteiger partial charge in [0.2, 0.25) is 0 Å². The minimum atomic E-state index is -0.0156.